The van der Waals surface area contributed by atoms with Crippen LogP contribution < -0.4 is 4.74 Å². The first-order valence-electron chi connectivity index (χ1n) is 7.00. The number of para-hydroxylation sites is 1. The number of hydrogen-bond acceptors (Lipinski definition) is 4. The molecule has 1 aromatic carbocycles. The molecule has 1 heterocycles. The molecule has 2 unspecified atom stereocenters. The highest BCUT2D eigenvalue weighted by atomic mass is 32.2. The number of benzene rings is 1. The molecule has 0 aliphatic carbocycles. The van der Waals surface area contributed by atoms with Crippen molar-refractivity contribution >= 4 is 9.84 Å². The minimum atomic E-state index is -3.25. The van der Waals surface area contributed by atoms with Gasteiger partial charge in [-0.05, 0) is 32.3 Å². The van der Waals surface area contributed by atoms with Crippen LogP contribution in [-0.4, -0.2) is 34.0 Å². The van der Waals surface area contributed by atoms with Crippen molar-refractivity contribution in [3.63, 3.8) is 0 Å². The predicted octanol–water partition coefficient (Wildman–Crippen LogP) is 2.74. The summed E-state index contributed by atoms with van der Waals surface area (Å²) in [5.41, 5.74) is 0.714. The second kappa shape index (κ2) is 6.59. The van der Waals surface area contributed by atoms with Crippen molar-refractivity contribution in [1.29, 1.82) is 0 Å². The molecule has 1 saturated heterocycles. The summed E-state index contributed by atoms with van der Waals surface area (Å²) in [6.45, 7) is 2.39. The zero-order valence-electron chi connectivity index (χ0n) is 12.0. The first-order chi connectivity index (χ1) is 9.54. The highest BCUT2D eigenvalue weighted by molar-refractivity contribution is 7.91. The number of methoxy groups -OCH3 is 1. The van der Waals surface area contributed by atoms with Gasteiger partial charge in [0.25, 0.3) is 0 Å². The summed E-state index contributed by atoms with van der Waals surface area (Å²) in [6.07, 6.45) is 2.74. The van der Waals surface area contributed by atoms with E-state index >= 15 is 0 Å². The summed E-state index contributed by atoms with van der Waals surface area (Å²) >= 11 is 0. The van der Waals surface area contributed by atoms with Crippen molar-refractivity contribution in [2.75, 3.05) is 19.5 Å². The smallest absolute Gasteiger partial charge is 0.159 e. The van der Waals surface area contributed by atoms with Crippen molar-refractivity contribution in [1.82, 2.24) is 0 Å². The topological polar surface area (TPSA) is 52.6 Å². The van der Waals surface area contributed by atoms with E-state index in [0.29, 0.717) is 17.9 Å². The molecule has 0 spiro atoms. The van der Waals surface area contributed by atoms with Crippen LogP contribution in [-0.2, 0) is 14.6 Å². The van der Waals surface area contributed by atoms with Crippen LogP contribution >= 0.6 is 0 Å². The minimum Gasteiger partial charge on any atom is -0.496 e. The van der Waals surface area contributed by atoms with E-state index in [2.05, 4.69) is 0 Å². The maximum absolute atomic E-state index is 12.5. The minimum absolute atomic E-state index is 0.0895. The summed E-state index contributed by atoms with van der Waals surface area (Å²) < 4.78 is 35.9. The molecular formula is C15H22O4S. The Labute approximate surface area is 121 Å². The Balaban J connectivity index is 2.15. The summed E-state index contributed by atoms with van der Waals surface area (Å²) in [5.74, 6) is 0.708. The van der Waals surface area contributed by atoms with Crippen LogP contribution in [0.25, 0.3) is 0 Å². The molecule has 4 nitrogen and oxygen atoms in total. The van der Waals surface area contributed by atoms with Gasteiger partial charge in [0.1, 0.15) is 5.75 Å². The normalized spacial score (nSPS) is 21.4. The van der Waals surface area contributed by atoms with Crippen molar-refractivity contribution in [3.8, 4) is 5.75 Å². The lowest BCUT2D eigenvalue weighted by atomic mass is 10.1. The fourth-order valence-corrected chi connectivity index (χ4v) is 4.19. The van der Waals surface area contributed by atoms with Crippen LogP contribution in [0.5, 0.6) is 5.75 Å². The Bertz CT molecular complexity index is 533. The monoisotopic (exact) mass is 298 g/mol. The third kappa shape index (κ3) is 3.52. The highest BCUT2D eigenvalue weighted by Crippen LogP contribution is 2.31. The SMILES string of the molecule is COc1ccccc1C(C)S(=O)(=O)CC1CCCCO1. The lowest BCUT2D eigenvalue weighted by Crippen LogP contribution is -2.29. The van der Waals surface area contributed by atoms with E-state index in [-0.39, 0.29) is 11.9 Å². The van der Waals surface area contributed by atoms with E-state index in [0.717, 1.165) is 19.3 Å². The molecular weight excluding hydrogens is 276 g/mol. The standard InChI is InChI=1S/C15H22O4S/c1-12(14-8-3-4-9-15(14)18-2)20(16,17)11-13-7-5-6-10-19-13/h3-4,8-9,12-13H,5-7,10-11H2,1-2H3. The Morgan fingerprint density at radius 2 is 2.10 bits per heavy atom. The average Bonchev–Trinajstić information content (AvgIpc) is 2.47. The van der Waals surface area contributed by atoms with Crippen molar-refractivity contribution in [2.45, 2.75) is 37.5 Å². The molecule has 1 fully saturated rings. The fourth-order valence-electron chi connectivity index (χ4n) is 2.54. The first kappa shape index (κ1) is 15.3. The number of ether oxygens (including phenoxy) is 2. The second-order valence-electron chi connectivity index (χ2n) is 5.20. The summed E-state index contributed by atoms with van der Waals surface area (Å²) in [6, 6.07) is 7.27. The van der Waals surface area contributed by atoms with E-state index in [1.165, 1.54) is 0 Å². The molecule has 112 valence electrons. The predicted molar refractivity (Wildman–Crippen MR) is 78.8 cm³/mol. The van der Waals surface area contributed by atoms with Crippen LogP contribution in [0.1, 0.15) is 37.0 Å². The van der Waals surface area contributed by atoms with E-state index in [1.807, 2.05) is 18.2 Å². The molecule has 0 bridgehead atoms. The summed E-state index contributed by atoms with van der Waals surface area (Å²) in [5, 5.41) is -0.579. The third-order valence-electron chi connectivity index (χ3n) is 3.81. The maximum atomic E-state index is 12.5. The average molecular weight is 298 g/mol. The van der Waals surface area contributed by atoms with Crippen LogP contribution in [0.15, 0.2) is 24.3 Å². The van der Waals surface area contributed by atoms with Gasteiger partial charge < -0.3 is 9.47 Å². The lowest BCUT2D eigenvalue weighted by molar-refractivity contribution is 0.0304. The summed E-state index contributed by atoms with van der Waals surface area (Å²) in [4.78, 5) is 0. The molecule has 0 radical (unpaired) electrons. The molecule has 5 heteroatoms. The molecule has 1 aliphatic heterocycles. The highest BCUT2D eigenvalue weighted by Gasteiger charge is 2.29. The molecule has 0 saturated carbocycles. The Kier molecular flexibility index (Phi) is 5.05. The van der Waals surface area contributed by atoms with E-state index in [4.69, 9.17) is 9.47 Å². The van der Waals surface area contributed by atoms with Gasteiger partial charge in [-0.1, -0.05) is 18.2 Å². The zero-order valence-corrected chi connectivity index (χ0v) is 12.9. The first-order valence-corrected chi connectivity index (χ1v) is 8.72. The quantitative estimate of drug-likeness (QED) is 0.838. The second-order valence-corrected chi connectivity index (χ2v) is 7.57. The van der Waals surface area contributed by atoms with E-state index in [9.17, 15) is 8.42 Å². The molecule has 1 aromatic rings. The van der Waals surface area contributed by atoms with Gasteiger partial charge in [-0.25, -0.2) is 8.42 Å². The molecule has 2 atom stereocenters. The van der Waals surface area contributed by atoms with Crippen LogP contribution in [0.4, 0.5) is 0 Å². The van der Waals surface area contributed by atoms with Gasteiger partial charge in [-0.2, -0.15) is 0 Å². The van der Waals surface area contributed by atoms with Crippen molar-refractivity contribution < 1.29 is 17.9 Å². The van der Waals surface area contributed by atoms with Gasteiger partial charge in [-0.3, -0.25) is 0 Å². The Hall–Kier alpha value is -1.07. The molecule has 0 amide bonds. The summed E-state index contributed by atoms with van der Waals surface area (Å²) in [7, 11) is -1.69. The number of sulfone groups is 1. The number of rotatable bonds is 5. The molecule has 1 aliphatic rings. The largest absolute Gasteiger partial charge is 0.496 e. The van der Waals surface area contributed by atoms with Crippen LogP contribution in [0.2, 0.25) is 0 Å². The van der Waals surface area contributed by atoms with Crippen LogP contribution in [0.3, 0.4) is 0 Å². The van der Waals surface area contributed by atoms with Crippen LogP contribution in [0, 0.1) is 0 Å². The maximum Gasteiger partial charge on any atom is 0.159 e. The van der Waals surface area contributed by atoms with Gasteiger partial charge in [0.05, 0.1) is 24.2 Å². The zero-order chi connectivity index (χ0) is 14.6. The Morgan fingerprint density at radius 1 is 1.35 bits per heavy atom. The Morgan fingerprint density at radius 3 is 2.75 bits per heavy atom. The van der Waals surface area contributed by atoms with E-state index in [1.54, 1.807) is 20.1 Å². The van der Waals surface area contributed by atoms with Crippen molar-refractivity contribution in [2.24, 2.45) is 0 Å². The van der Waals surface area contributed by atoms with Gasteiger partial charge in [0, 0.05) is 12.2 Å². The molecule has 0 N–H and O–H groups in total. The third-order valence-corrected chi connectivity index (χ3v) is 5.98. The van der Waals surface area contributed by atoms with Gasteiger partial charge in [-0.15, -0.1) is 0 Å². The number of hydrogen-bond donors (Lipinski definition) is 0. The van der Waals surface area contributed by atoms with Gasteiger partial charge >= 0.3 is 0 Å². The van der Waals surface area contributed by atoms with Gasteiger partial charge in [0.15, 0.2) is 9.84 Å². The lowest BCUT2D eigenvalue weighted by Gasteiger charge is -2.24. The molecule has 2 rings (SSSR count). The molecule has 0 aromatic heterocycles. The van der Waals surface area contributed by atoms with Gasteiger partial charge in [0.2, 0.25) is 0 Å². The molecule has 20 heavy (non-hydrogen) atoms. The van der Waals surface area contributed by atoms with Crippen molar-refractivity contribution in [3.05, 3.63) is 29.8 Å². The fraction of sp³-hybridized carbons (Fsp3) is 0.600. The van der Waals surface area contributed by atoms with E-state index < -0.39 is 15.1 Å².